The first kappa shape index (κ1) is 13.5. The van der Waals surface area contributed by atoms with Crippen molar-refractivity contribution in [2.45, 2.75) is 4.90 Å². The molecule has 20 heavy (non-hydrogen) atoms. The number of aromatic nitrogens is 1. The Bertz CT molecular complexity index is 797. The lowest BCUT2D eigenvalue weighted by Crippen LogP contribution is -2.13. The molecular formula is C13H8N4O2S. The van der Waals surface area contributed by atoms with Gasteiger partial charge in [-0.2, -0.15) is 10.5 Å². The number of pyridine rings is 1. The largest absolute Gasteiger partial charge is 0.263 e. The molecule has 0 aliphatic heterocycles. The minimum Gasteiger partial charge on any atom is -0.263 e. The van der Waals surface area contributed by atoms with Gasteiger partial charge in [-0.15, -0.1) is 0 Å². The molecule has 0 atom stereocenters. The molecule has 0 unspecified atom stereocenters. The molecule has 0 amide bonds. The Labute approximate surface area is 116 Å². The monoisotopic (exact) mass is 284 g/mol. The highest BCUT2D eigenvalue weighted by Crippen LogP contribution is 2.15. The van der Waals surface area contributed by atoms with E-state index in [2.05, 4.69) is 9.71 Å². The van der Waals surface area contributed by atoms with Gasteiger partial charge in [0.1, 0.15) is 11.9 Å². The van der Waals surface area contributed by atoms with Gasteiger partial charge in [0.25, 0.3) is 10.0 Å². The van der Waals surface area contributed by atoms with E-state index in [1.54, 1.807) is 0 Å². The number of benzene rings is 1. The third-order valence-corrected chi connectivity index (χ3v) is 3.80. The lowest BCUT2D eigenvalue weighted by Gasteiger charge is -2.07. The SMILES string of the molecule is N#Cc1ccc(S(=O)(=O)Nc2ccc(C#N)cn2)cc1. The van der Waals surface area contributed by atoms with Crippen LogP contribution in [-0.4, -0.2) is 13.4 Å². The van der Waals surface area contributed by atoms with Crippen LogP contribution in [0.3, 0.4) is 0 Å². The predicted molar refractivity (Wildman–Crippen MR) is 70.9 cm³/mol. The molecule has 6 nitrogen and oxygen atoms in total. The van der Waals surface area contributed by atoms with Gasteiger partial charge < -0.3 is 0 Å². The van der Waals surface area contributed by atoms with Crippen molar-refractivity contribution in [3.63, 3.8) is 0 Å². The molecule has 2 rings (SSSR count). The highest BCUT2D eigenvalue weighted by atomic mass is 32.2. The fourth-order valence-corrected chi connectivity index (χ4v) is 2.43. The van der Waals surface area contributed by atoms with Crippen molar-refractivity contribution in [3.8, 4) is 12.1 Å². The number of nitrogens with zero attached hydrogens (tertiary/aromatic N) is 3. The summed E-state index contributed by atoms with van der Waals surface area (Å²) < 4.78 is 26.4. The highest BCUT2D eigenvalue weighted by Gasteiger charge is 2.14. The van der Waals surface area contributed by atoms with Crippen LogP contribution in [0.1, 0.15) is 11.1 Å². The zero-order chi connectivity index (χ0) is 14.6. The minimum atomic E-state index is -3.76. The van der Waals surface area contributed by atoms with Gasteiger partial charge in [-0.3, -0.25) is 4.72 Å². The molecule has 0 saturated heterocycles. The molecule has 2 aromatic rings. The molecule has 0 fully saturated rings. The van der Waals surface area contributed by atoms with E-state index in [-0.39, 0.29) is 10.7 Å². The summed E-state index contributed by atoms with van der Waals surface area (Å²) in [6.45, 7) is 0. The van der Waals surface area contributed by atoms with E-state index in [4.69, 9.17) is 10.5 Å². The van der Waals surface area contributed by atoms with E-state index in [9.17, 15) is 8.42 Å². The van der Waals surface area contributed by atoms with Gasteiger partial charge in [-0.05, 0) is 36.4 Å². The summed E-state index contributed by atoms with van der Waals surface area (Å²) in [4.78, 5) is 3.86. The van der Waals surface area contributed by atoms with Gasteiger partial charge in [0.05, 0.1) is 22.1 Å². The molecule has 1 N–H and O–H groups in total. The van der Waals surface area contributed by atoms with Crippen molar-refractivity contribution < 1.29 is 8.42 Å². The van der Waals surface area contributed by atoms with Crippen LogP contribution in [0.2, 0.25) is 0 Å². The van der Waals surface area contributed by atoms with Gasteiger partial charge in [-0.1, -0.05) is 0 Å². The van der Waals surface area contributed by atoms with Gasteiger partial charge in [0.15, 0.2) is 0 Å². The first-order valence-corrected chi connectivity index (χ1v) is 6.92. The van der Waals surface area contributed by atoms with Gasteiger partial charge >= 0.3 is 0 Å². The highest BCUT2D eigenvalue weighted by molar-refractivity contribution is 7.92. The third-order valence-electron chi connectivity index (χ3n) is 2.43. The number of hydrogen-bond acceptors (Lipinski definition) is 5. The van der Waals surface area contributed by atoms with Crippen molar-refractivity contribution in [1.82, 2.24) is 4.98 Å². The summed E-state index contributed by atoms with van der Waals surface area (Å²) in [7, 11) is -3.76. The molecule has 98 valence electrons. The van der Waals surface area contributed by atoms with E-state index in [1.165, 1.54) is 42.6 Å². The summed E-state index contributed by atoms with van der Waals surface area (Å²) >= 11 is 0. The quantitative estimate of drug-likeness (QED) is 0.921. The molecule has 1 heterocycles. The van der Waals surface area contributed by atoms with Crippen molar-refractivity contribution in [2.75, 3.05) is 4.72 Å². The second kappa shape index (κ2) is 5.39. The van der Waals surface area contributed by atoms with Crippen LogP contribution in [0.15, 0.2) is 47.5 Å². The molecule has 0 radical (unpaired) electrons. The average Bonchev–Trinajstić information content (AvgIpc) is 2.48. The molecule has 0 bridgehead atoms. The minimum absolute atomic E-state index is 0.0302. The molecule has 0 saturated carbocycles. The van der Waals surface area contributed by atoms with Crippen LogP contribution < -0.4 is 4.72 Å². The zero-order valence-electron chi connectivity index (χ0n) is 10.1. The van der Waals surface area contributed by atoms with Crippen LogP contribution in [0.5, 0.6) is 0 Å². The molecular weight excluding hydrogens is 276 g/mol. The Hall–Kier alpha value is -2.90. The van der Waals surface area contributed by atoms with Gasteiger partial charge in [0.2, 0.25) is 0 Å². The summed E-state index contributed by atoms with van der Waals surface area (Å²) in [6.07, 6.45) is 1.27. The average molecular weight is 284 g/mol. The van der Waals surface area contributed by atoms with Crippen LogP contribution >= 0.6 is 0 Å². The van der Waals surface area contributed by atoms with Gasteiger partial charge in [-0.25, -0.2) is 13.4 Å². The Balaban J connectivity index is 2.26. The number of hydrogen-bond donors (Lipinski definition) is 1. The lowest BCUT2D eigenvalue weighted by atomic mass is 10.2. The maximum Gasteiger partial charge on any atom is 0.263 e. The Morgan fingerprint density at radius 2 is 1.55 bits per heavy atom. The molecule has 0 aliphatic carbocycles. The Morgan fingerprint density at radius 1 is 0.950 bits per heavy atom. The van der Waals surface area contributed by atoms with E-state index >= 15 is 0 Å². The normalized spacial score (nSPS) is 10.3. The number of sulfonamides is 1. The van der Waals surface area contributed by atoms with Crippen molar-refractivity contribution >= 4 is 15.8 Å². The van der Waals surface area contributed by atoms with E-state index in [1.807, 2.05) is 12.1 Å². The summed E-state index contributed by atoms with van der Waals surface area (Å²) in [6, 6.07) is 12.2. The first-order chi connectivity index (χ1) is 9.55. The summed E-state index contributed by atoms with van der Waals surface area (Å²) in [5, 5.41) is 17.3. The van der Waals surface area contributed by atoms with E-state index in [0.717, 1.165) is 0 Å². The maximum atomic E-state index is 12.1. The number of rotatable bonds is 3. The number of nitriles is 2. The van der Waals surface area contributed by atoms with Crippen LogP contribution in [0.4, 0.5) is 5.82 Å². The third kappa shape index (κ3) is 2.91. The second-order valence-corrected chi connectivity index (χ2v) is 5.47. The summed E-state index contributed by atoms with van der Waals surface area (Å²) in [5.41, 5.74) is 0.715. The van der Waals surface area contributed by atoms with Crippen molar-refractivity contribution in [3.05, 3.63) is 53.7 Å². The van der Waals surface area contributed by atoms with Crippen LogP contribution in [0, 0.1) is 22.7 Å². The number of nitrogens with one attached hydrogen (secondary N) is 1. The molecule has 0 spiro atoms. The number of anilines is 1. The molecule has 0 aliphatic rings. The van der Waals surface area contributed by atoms with E-state index < -0.39 is 10.0 Å². The Kier molecular flexibility index (Phi) is 3.65. The molecule has 1 aromatic carbocycles. The fraction of sp³-hybridized carbons (Fsp3) is 0. The smallest absolute Gasteiger partial charge is 0.263 e. The Morgan fingerprint density at radius 3 is 2.05 bits per heavy atom. The zero-order valence-corrected chi connectivity index (χ0v) is 10.9. The van der Waals surface area contributed by atoms with Crippen molar-refractivity contribution in [1.29, 1.82) is 10.5 Å². The van der Waals surface area contributed by atoms with Crippen molar-refractivity contribution in [2.24, 2.45) is 0 Å². The summed E-state index contributed by atoms with van der Waals surface area (Å²) in [5.74, 6) is 0.119. The van der Waals surface area contributed by atoms with E-state index in [0.29, 0.717) is 11.1 Å². The molecule has 1 aromatic heterocycles. The lowest BCUT2D eigenvalue weighted by molar-refractivity contribution is 0.601. The van der Waals surface area contributed by atoms with Crippen LogP contribution in [-0.2, 0) is 10.0 Å². The maximum absolute atomic E-state index is 12.1. The van der Waals surface area contributed by atoms with Crippen LogP contribution in [0.25, 0.3) is 0 Å². The molecule has 7 heteroatoms. The predicted octanol–water partition coefficient (Wildman–Crippen LogP) is 1.63. The second-order valence-electron chi connectivity index (χ2n) is 3.79. The first-order valence-electron chi connectivity index (χ1n) is 5.44. The standard InChI is InChI=1S/C13H8N4O2S/c14-7-10-1-4-12(5-2-10)20(18,19)17-13-6-3-11(8-15)9-16-13/h1-6,9H,(H,16,17). The van der Waals surface area contributed by atoms with Gasteiger partial charge in [0, 0.05) is 6.20 Å². The fourth-order valence-electron chi connectivity index (χ4n) is 1.43. The topological polar surface area (TPSA) is 107 Å².